The summed E-state index contributed by atoms with van der Waals surface area (Å²) >= 11 is 1.57. The van der Waals surface area contributed by atoms with E-state index in [1.807, 2.05) is 71.3 Å². The topological polar surface area (TPSA) is 79.0 Å². The van der Waals surface area contributed by atoms with E-state index in [4.69, 9.17) is 4.74 Å². The maximum Gasteiger partial charge on any atom is 0.260 e. The number of carbonyl (C=O) groups excluding carboxylic acids is 3. The van der Waals surface area contributed by atoms with E-state index < -0.39 is 6.04 Å². The Bertz CT molecular complexity index is 1070. The van der Waals surface area contributed by atoms with Gasteiger partial charge in [-0.25, -0.2) is 0 Å². The van der Waals surface area contributed by atoms with Gasteiger partial charge in [0.15, 0.2) is 6.61 Å². The molecule has 7 nitrogen and oxygen atoms in total. The van der Waals surface area contributed by atoms with E-state index in [-0.39, 0.29) is 29.7 Å². The highest BCUT2D eigenvalue weighted by Gasteiger charge is 2.43. The average Bonchev–Trinajstić information content (AvgIpc) is 3.29. The smallest absolute Gasteiger partial charge is 0.260 e. The second-order valence-electron chi connectivity index (χ2n) is 9.82. The molecule has 0 aliphatic carbocycles. The Kier molecular flexibility index (Phi) is 8.56. The lowest BCUT2D eigenvalue weighted by Crippen LogP contribution is -2.50. The van der Waals surface area contributed by atoms with Crippen molar-refractivity contribution < 1.29 is 19.1 Å². The number of nitrogens with zero attached hydrogens (tertiary/aromatic N) is 2. The lowest BCUT2D eigenvalue weighted by atomic mass is 9.78. The van der Waals surface area contributed by atoms with Crippen LogP contribution in [0.1, 0.15) is 31.7 Å². The molecule has 2 heterocycles. The van der Waals surface area contributed by atoms with Crippen LogP contribution in [0, 0.1) is 12.3 Å². The van der Waals surface area contributed by atoms with Crippen molar-refractivity contribution in [2.45, 2.75) is 44.0 Å². The number of nitrogens with one attached hydrogen (secondary N) is 1. The van der Waals surface area contributed by atoms with E-state index in [9.17, 15) is 14.4 Å². The van der Waals surface area contributed by atoms with Gasteiger partial charge in [-0.1, -0.05) is 36.4 Å². The van der Waals surface area contributed by atoms with Gasteiger partial charge in [0.25, 0.3) is 5.91 Å². The molecule has 1 N–H and O–H groups in total. The standard InChI is InChI=1S/C28H35N3O4S/c1-21-8-6-7-11-25(21)35-18-26(33)30-15-12-28(13-16-30)14-17-31(20-28)27(34)24(29-22(2)32)19-36-23-9-4-3-5-10-23/h3-11,24H,12-20H2,1-2H3,(H,29,32). The molecule has 2 aliphatic heterocycles. The minimum Gasteiger partial charge on any atom is -0.484 e. The predicted molar refractivity (Wildman–Crippen MR) is 141 cm³/mol. The molecule has 2 fully saturated rings. The number of hydrogen-bond donors (Lipinski definition) is 1. The molecule has 0 radical (unpaired) electrons. The first-order valence-electron chi connectivity index (χ1n) is 12.6. The summed E-state index contributed by atoms with van der Waals surface area (Å²) in [6, 6.07) is 17.0. The van der Waals surface area contributed by atoms with Gasteiger partial charge in [-0.2, -0.15) is 0 Å². The van der Waals surface area contributed by atoms with Crippen molar-refractivity contribution in [1.82, 2.24) is 15.1 Å². The van der Waals surface area contributed by atoms with Crippen LogP contribution in [0.15, 0.2) is 59.5 Å². The van der Waals surface area contributed by atoms with Gasteiger partial charge in [-0.05, 0) is 55.4 Å². The molecular formula is C28H35N3O4S. The number of rotatable bonds is 8. The first-order chi connectivity index (χ1) is 17.3. The fraction of sp³-hybridized carbons (Fsp3) is 0.464. The molecule has 36 heavy (non-hydrogen) atoms. The maximum absolute atomic E-state index is 13.4. The summed E-state index contributed by atoms with van der Waals surface area (Å²) in [6.45, 7) is 6.19. The third kappa shape index (κ3) is 6.60. The summed E-state index contributed by atoms with van der Waals surface area (Å²) < 4.78 is 5.75. The van der Waals surface area contributed by atoms with E-state index in [2.05, 4.69) is 5.32 Å². The molecule has 0 bridgehead atoms. The van der Waals surface area contributed by atoms with Crippen molar-refractivity contribution >= 4 is 29.5 Å². The number of likely N-dealkylation sites (tertiary alicyclic amines) is 2. The number of benzene rings is 2. The lowest BCUT2D eigenvalue weighted by molar-refractivity contribution is -0.137. The zero-order valence-electron chi connectivity index (χ0n) is 21.1. The van der Waals surface area contributed by atoms with Gasteiger partial charge in [0, 0.05) is 43.8 Å². The molecule has 2 aromatic carbocycles. The van der Waals surface area contributed by atoms with Gasteiger partial charge >= 0.3 is 0 Å². The van der Waals surface area contributed by atoms with Crippen LogP contribution < -0.4 is 10.1 Å². The Morgan fingerprint density at radius 3 is 2.28 bits per heavy atom. The Balaban J connectivity index is 1.28. The molecule has 0 aromatic heterocycles. The normalized spacial score (nSPS) is 17.6. The van der Waals surface area contributed by atoms with Gasteiger partial charge in [0.05, 0.1) is 0 Å². The number of para-hydroxylation sites is 1. The largest absolute Gasteiger partial charge is 0.484 e. The molecule has 1 spiro atoms. The summed E-state index contributed by atoms with van der Waals surface area (Å²) in [7, 11) is 0. The first-order valence-corrected chi connectivity index (χ1v) is 13.5. The van der Waals surface area contributed by atoms with E-state index in [1.54, 1.807) is 11.8 Å². The van der Waals surface area contributed by atoms with Crippen molar-refractivity contribution in [3.8, 4) is 5.75 Å². The zero-order valence-corrected chi connectivity index (χ0v) is 21.9. The SMILES string of the molecule is CC(=O)NC(CSc1ccccc1)C(=O)N1CCC2(CCN(C(=O)COc3ccccc3C)CC2)C1. The van der Waals surface area contributed by atoms with Crippen molar-refractivity contribution in [3.63, 3.8) is 0 Å². The number of carbonyl (C=O) groups is 3. The van der Waals surface area contributed by atoms with Gasteiger partial charge in [0.2, 0.25) is 11.8 Å². The molecule has 2 aromatic rings. The predicted octanol–water partition coefficient (Wildman–Crippen LogP) is 3.51. The maximum atomic E-state index is 13.4. The second-order valence-corrected chi connectivity index (χ2v) is 10.9. The Labute approximate surface area is 217 Å². The monoisotopic (exact) mass is 509 g/mol. The average molecular weight is 510 g/mol. The molecular weight excluding hydrogens is 474 g/mol. The molecule has 4 rings (SSSR count). The van der Waals surface area contributed by atoms with Crippen LogP contribution in [0.3, 0.4) is 0 Å². The van der Waals surface area contributed by atoms with Crippen LogP contribution in [0.2, 0.25) is 0 Å². The Morgan fingerprint density at radius 2 is 1.61 bits per heavy atom. The second kappa shape index (κ2) is 11.8. The number of ether oxygens (including phenoxy) is 1. The van der Waals surface area contributed by atoms with Gasteiger partial charge in [0.1, 0.15) is 11.8 Å². The summed E-state index contributed by atoms with van der Waals surface area (Å²) in [5.74, 6) is 1.02. The van der Waals surface area contributed by atoms with Crippen molar-refractivity contribution in [3.05, 3.63) is 60.2 Å². The van der Waals surface area contributed by atoms with E-state index in [0.29, 0.717) is 31.9 Å². The molecule has 1 unspecified atom stereocenters. The van der Waals surface area contributed by atoms with E-state index >= 15 is 0 Å². The van der Waals surface area contributed by atoms with Gasteiger partial charge < -0.3 is 19.9 Å². The van der Waals surface area contributed by atoms with Crippen molar-refractivity contribution in [2.24, 2.45) is 5.41 Å². The summed E-state index contributed by atoms with van der Waals surface area (Å²) in [4.78, 5) is 42.8. The zero-order chi connectivity index (χ0) is 25.5. The number of thioether (sulfide) groups is 1. The summed E-state index contributed by atoms with van der Waals surface area (Å²) in [5.41, 5.74) is 1.05. The number of hydrogen-bond acceptors (Lipinski definition) is 5. The van der Waals surface area contributed by atoms with Crippen molar-refractivity contribution in [2.75, 3.05) is 38.5 Å². The fourth-order valence-corrected chi connectivity index (χ4v) is 5.98. The van der Waals surface area contributed by atoms with E-state index in [1.165, 1.54) is 6.92 Å². The minimum absolute atomic E-state index is 0.00249. The molecule has 2 saturated heterocycles. The van der Waals surface area contributed by atoms with Gasteiger partial charge in [-0.15, -0.1) is 11.8 Å². The highest BCUT2D eigenvalue weighted by molar-refractivity contribution is 7.99. The number of amides is 3. The molecule has 1 atom stereocenters. The minimum atomic E-state index is -0.553. The third-order valence-electron chi connectivity index (χ3n) is 7.21. The molecule has 2 aliphatic rings. The van der Waals surface area contributed by atoms with Crippen LogP contribution in [0.5, 0.6) is 5.75 Å². The van der Waals surface area contributed by atoms with Crippen molar-refractivity contribution in [1.29, 1.82) is 0 Å². The molecule has 8 heteroatoms. The lowest BCUT2D eigenvalue weighted by Gasteiger charge is -2.39. The summed E-state index contributed by atoms with van der Waals surface area (Å²) in [5, 5.41) is 2.85. The van der Waals surface area contributed by atoms with Gasteiger partial charge in [-0.3, -0.25) is 14.4 Å². The first kappa shape index (κ1) is 26.1. The highest BCUT2D eigenvalue weighted by Crippen LogP contribution is 2.40. The Hall–Kier alpha value is -3.00. The molecule has 0 saturated carbocycles. The highest BCUT2D eigenvalue weighted by atomic mass is 32.2. The van der Waals surface area contributed by atoms with Crippen LogP contribution in [0.4, 0.5) is 0 Å². The quantitative estimate of drug-likeness (QED) is 0.551. The van der Waals surface area contributed by atoms with Crippen LogP contribution in [-0.2, 0) is 14.4 Å². The summed E-state index contributed by atoms with van der Waals surface area (Å²) in [6.07, 6.45) is 2.67. The number of aryl methyl sites for hydroxylation is 1. The van der Waals surface area contributed by atoms with E-state index in [0.717, 1.165) is 35.5 Å². The van der Waals surface area contributed by atoms with Crippen LogP contribution >= 0.6 is 11.8 Å². The fourth-order valence-electron chi connectivity index (χ4n) is 5.05. The van der Waals surface area contributed by atoms with Crippen LogP contribution in [-0.4, -0.2) is 72.1 Å². The third-order valence-corrected chi connectivity index (χ3v) is 8.31. The molecule has 192 valence electrons. The Morgan fingerprint density at radius 1 is 0.972 bits per heavy atom. The molecule has 3 amide bonds. The number of piperidine rings is 1. The van der Waals surface area contributed by atoms with Crippen LogP contribution in [0.25, 0.3) is 0 Å².